The number of nitrogens with one attached hydrogen (secondary N) is 1. The third-order valence-corrected chi connectivity index (χ3v) is 6.06. The van der Waals surface area contributed by atoms with Crippen molar-refractivity contribution in [2.24, 2.45) is 0 Å². The van der Waals surface area contributed by atoms with Gasteiger partial charge in [-0.25, -0.2) is 8.42 Å². The van der Waals surface area contributed by atoms with Crippen LogP contribution in [0.2, 0.25) is 5.02 Å². The lowest BCUT2D eigenvalue weighted by Crippen LogP contribution is -2.35. The number of sulfonamides is 1. The number of rotatable bonds is 9. The van der Waals surface area contributed by atoms with Crippen molar-refractivity contribution in [3.8, 4) is 17.2 Å². The molecule has 0 saturated carbocycles. The summed E-state index contributed by atoms with van der Waals surface area (Å²) in [7, 11) is 0.353. The van der Waals surface area contributed by atoms with Gasteiger partial charge in [-0.3, -0.25) is 4.79 Å². The molecule has 0 aliphatic carbocycles. The SMILES string of the molecule is CCOc1ccc(S(=O)(=O)N(C)CC(=O)Nc2ccc(OC)cc2OC)cc1Cl. The highest BCUT2D eigenvalue weighted by Gasteiger charge is 2.24. The zero-order valence-electron chi connectivity index (χ0n) is 16.6. The van der Waals surface area contributed by atoms with E-state index in [1.807, 2.05) is 0 Å². The van der Waals surface area contributed by atoms with Gasteiger partial charge in [0.25, 0.3) is 0 Å². The molecule has 0 aliphatic heterocycles. The van der Waals surface area contributed by atoms with Crippen LogP contribution in [0.3, 0.4) is 0 Å². The van der Waals surface area contributed by atoms with Gasteiger partial charge in [-0.15, -0.1) is 0 Å². The van der Waals surface area contributed by atoms with Crippen LogP contribution < -0.4 is 19.5 Å². The molecule has 158 valence electrons. The molecule has 2 aromatic carbocycles. The molecule has 1 N–H and O–H groups in total. The first-order valence-corrected chi connectivity index (χ1v) is 10.4. The Hall–Kier alpha value is -2.49. The van der Waals surface area contributed by atoms with Gasteiger partial charge in [-0.2, -0.15) is 4.31 Å². The van der Waals surface area contributed by atoms with E-state index in [0.717, 1.165) is 4.31 Å². The summed E-state index contributed by atoms with van der Waals surface area (Å²) in [6, 6.07) is 9.03. The number of ether oxygens (including phenoxy) is 3. The molecule has 0 atom stereocenters. The van der Waals surface area contributed by atoms with Crippen molar-refractivity contribution in [2.75, 3.05) is 39.7 Å². The van der Waals surface area contributed by atoms with E-state index in [1.165, 1.54) is 39.5 Å². The summed E-state index contributed by atoms with van der Waals surface area (Å²) in [6.45, 7) is 1.80. The number of methoxy groups -OCH3 is 2. The molecular weight excluding hydrogens is 420 g/mol. The molecule has 0 radical (unpaired) electrons. The molecule has 2 rings (SSSR count). The van der Waals surface area contributed by atoms with Gasteiger partial charge in [-0.05, 0) is 37.3 Å². The molecule has 1 amide bonds. The van der Waals surface area contributed by atoms with Crippen molar-refractivity contribution in [3.05, 3.63) is 41.4 Å². The van der Waals surface area contributed by atoms with Crippen molar-refractivity contribution in [1.82, 2.24) is 4.31 Å². The van der Waals surface area contributed by atoms with E-state index in [9.17, 15) is 13.2 Å². The van der Waals surface area contributed by atoms with Crippen LogP contribution >= 0.6 is 11.6 Å². The predicted molar refractivity (Wildman–Crippen MR) is 111 cm³/mol. The van der Waals surface area contributed by atoms with E-state index in [0.29, 0.717) is 29.5 Å². The minimum absolute atomic E-state index is 0.0386. The van der Waals surface area contributed by atoms with Crippen LogP contribution in [-0.2, 0) is 14.8 Å². The van der Waals surface area contributed by atoms with Gasteiger partial charge in [0.05, 0.1) is 43.0 Å². The zero-order valence-corrected chi connectivity index (χ0v) is 18.1. The highest BCUT2D eigenvalue weighted by molar-refractivity contribution is 7.89. The van der Waals surface area contributed by atoms with E-state index in [4.69, 9.17) is 25.8 Å². The smallest absolute Gasteiger partial charge is 0.243 e. The molecule has 29 heavy (non-hydrogen) atoms. The van der Waals surface area contributed by atoms with Crippen molar-refractivity contribution in [1.29, 1.82) is 0 Å². The molecule has 0 aliphatic rings. The van der Waals surface area contributed by atoms with Gasteiger partial charge in [0.1, 0.15) is 17.2 Å². The van der Waals surface area contributed by atoms with Crippen molar-refractivity contribution >= 4 is 33.2 Å². The Morgan fingerprint density at radius 2 is 1.83 bits per heavy atom. The number of likely N-dealkylation sites (N-methyl/N-ethyl adjacent to an activating group) is 1. The first-order chi connectivity index (χ1) is 13.7. The molecular formula is C19H23ClN2O6S. The molecule has 0 aromatic heterocycles. The van der Waals surface area contributed by atoms with Gasteiger partial charge < -0.3 is 19.5 Å². The second-order valence-electron chi connectivity index (χ2n) is 5.90. The fraction of sp³-hybridized carbons (Fsp3) is 0.316. The summed E-state index contributed by atoms with van der Waals surface area (Å²) in [5.41, 5.74) is 0.396. The number of anilines is 1. The largest absolute Gasteiger partial charge is 0.497 e. The van der Waals surface area contributed by atoms with Crippen LogP contribution in [-0.4, -0.2) is 53.0 Å². The maximum atomic E-state index is 12.8. The fourth-order valence-corrected chi connectivity index (χ4v) is 3.93. The Morgan fingerprint density at radius 3 is 2.41 bits per heavy atom. The van der Waals surface area contributed by atoms with Crippen LogP contribution in [0.5, 0.6) is 17.2 Å². The second-order valence-corrected chi connectivity index (χ2v) is 8.35. The van der Waals surface area contributed by atoms with Crippen LogP contribution in [0.1, 0.15) is 6.92 Å². The lowest BCUT2D eigenvalue weighted by Gasteiger charge is -2.18. The standard InChI is InChI=1S/C19H23ClN2O6S/c1-5-28-17-9-7-14(11-15(17)20)29(24,25)22(2)12-19(23)21-16-8-6-13(26-3)10-18(16)27-4/h6-11H,5,12H2,1-4H3,(H,21,23). The zero-order chi connectivity index (χ0) is 21.6. The minimum Gasteiger partial charge on any atom is -0.497 e. The summed E-state index contributed by atoms with van der Waals surface area (Å²) < 4.78 is 42.1. The van der Waals surface area contributed by atoms with Crippen molar-refractivity contribution < 1.29 is 27.4 Å². The number of hydrogen-bond donors (Lipinski definition) is 1. The lowest BCUT2D eigenvalue weighted by molar-refractivity contribution is -0.116. The fourth-order valence-electron chi connectivity index (χ4n) is 2.47. The summed E-state index contributed by atoms with van der Waals surface area (Å²) in [5, 5.41) is 2.81. The molecule has 0 fully saturated rings. The maximum Gasteiger partial charge on any atom is 0.243 e. The molecule has 0 saturated heterocycles. The van der Waals surface area contributed by atoms with Crippen LogP contribution in [0.4, 0.5) is 5.69 Å². The molecule has 2 aromatic rings. The maximum absolute atomic E-state index is 12.8. The molecule has 0 bridgehead atoms. The van der Waals surface area contributed by atoms with E-state index < -0.39 is 22.5 Å². The van der Waals surface area contributed by atoms with Gasteiger partial charge >= 0.3 is 0 Å². The van der Waals surface area contributed by atoms with Crippen molar-refractivity contribution in [2.45, 2.75) is 11.8 Å². The average molecular weight is 443 g/mol. The van der Waals surface area contributed by atoms with Crippen LogP contribution in [0, 0.1) is 0 Å². The monoisotopic (exact) mass is 442 g/mol. The predicted octanol–water partition coefficient (Wildman–Crippen LogP) is 3.02. The minimum atomic E-state index is -3.93. The molecule has 0 heterocycles. The van der Waals surface area contributed by atoms with Gasteiger partial charge in [0, 0.05) is 13.1 Å². The van der Waals surface area contributed by atoms with E-state index >= 15 is 0 Å². The third kappa shape index (κ3) is 5.53. The average Bonchev–Trinajstić information content (AvgIpc) is 2.69. The lowest BCUT2D eigenvalue weighted by atomic mass is 10.2. The Morgan fingerprint density at radius 1 is 1.10 bits per heavy atom. The second kappa shape index (κ2) is 9.82. The van der Waals surface area contributed by atoms with Gasteiger partial charge in [0.2, 0.25) is 15.9 Å². The molecule has 8 nitrogen and oxygen atoms in total. The Bertz CT molecular complexity index is 981. The number of carbonyl (C=O) groups excluding carboxylic acids is 1. The molecule has 10 heteroatoms. The number of hydrogen-bond acceptors (Lipinski definition) is 6. The first kappa shape index (κ1) is 22.8. The van der Waals surface area contributed by atoms with Crippen LogP contribution in [0.25, 0.3) is 0 Å². The Kier molecular flexibility index (Phi) is 7.72. The van der Waals surface area contributed by atoms with Gasteiger partial charge in [-0.1, -0.05) is 11.6 Å². The van der Waals surface area contributed by atoms with Crippen molar-refractivity contribution in [3.63, 3.8) is 0 Å². The highest BCUT2D eigenvalue weighted by Crippen LogP contribution is 2.30. The quantitative estimate of drug-likeness (QED) is 0.641. The summed E-state index contributed by atoms with van der Waals surface area (Å²) >= 11 is 6.08. The Balaban J connectivity index is 2.13. The van der Waals surface area contributed by atoms with E-state index in [2.05, 4.69) is 5.32 Å². The molecule has 0 unspecified atom stereocenters. The van der Waals surface area contributed by atoms with E-state index in [-0.39, 0.29) is 9.92 Å². The number of carbonyl (C=O) groups is 1. The highest BCUT2D eigenvalue weighted by atomic mass is 35.5. The summed E-state index contributed by atoms with van der Waals surface area (Å²) in [6.07, 6.45) is 0. The topological polar surface area (TPSA) is 94.2 Å². The third-order valence-electron chi connectivity index (χ3n) is 3.96. The number of halogens is 1. The number of nitrogens with zero attached hydrogens (tertiary/aromatic N) is 1. The molecule has 0 spiro atoms. The normalized spacial score (nSPS) is 11.2. The summed E-state index contributed by atoms with van der Waals surface area (Å²) in [4.78, 5) is 12.3. The Labute approximate surface area is 175 Å². The number of benzene rings is 2. The summed E-state index contributed by atoms with van der Waals surface area (Å²) in [5.74, 6) is 0.810. The van der Waals surface area contributed by atoms with Gasteiger partial charge in [0.15, 0.2) is 0 Å². The van der Waals surface area contributed by atoms with E-state index in [1.54, 1.807) is 25.1 Å². The number of amides is 1. The van der Waals surface area contributed by atoms with Crippen LogP contribution in [0.15, 0.2) is 41.3 Å². The first-order valence-electron chi connectivity index (χ1n) is 8.63.